The SMILES string of the molecule is C[C@@H](Oc1ccc([N+](=O)[O-])cc1)C(=O)N/N=C\c1c(OC(=O)c2ccc(Cl)cc2)ccc2ccccc12. The number of esters is 1. The molecule has 0 heterocycles. The molecule has 4 aromatic carbocycles. The summed E-state index contributed by atoms with van der Waals surface area (Å²) in [5.74, 6) is -0.570. The quantitative estimate of drug-likeness (QED) is 0.108. The van der Waals surface area contributed by atoms with Crippen molar-refractivity contribution in [2.24, 2.45) is 5.10 Å². The molecule has 1 N–H and O–H groups in total. The maximum absolute atomic E-state index is 12.7. The van der Waals surface area contributed by atoms with Crippen molar-refractivity contribution in [1.29, 1.82) is 0 Å². The zero-order valence-electron chi connectivity index (χ0n) is 19.5. The van der Waals surface area contributed by atoms with Crippen molar-refractivity contribution in [1.82, 2.24) is 5.43 Å². The van der Waals surface area contributed by atoms with Crippen LogP contribution in [0, 0.1) is 10.1 Å². The molecule has 0 aromatic heterocycles. The van der Waals surface area contributed by atoms with E-state index in [1.807, 2.05) is 30.3 Å². The minimum atomic E-state index is -0.937. The Balaban J connectivity index is 1.50. The average molecular weight is 518 g/mol. The molecule has 0 unspecified atom stereocenters. The number of fused-ring (bicyclic) bond motifs is 1. The first kappa shape index (κ1) is 25.3. The van der Waals surface area contributed by atoms with Gasteiger partial charge in [-0.25, -0.2) is 10.2 Å². The fraction of sp³-hybridized carbons (Fsp3) is 0.0741. The van der Waals surface area contributed by atoms with E-state index >= 15 is 0 Å². The van der Waals surface area contributed by atoms with E-state index in [0.717, 1.165) is 10.8 Å². The molecule has 4 rings (SSSR count). The lowest BCUT2D eigenvalue weighted by molar-refractivity contribution is -0.384. The van der Waals surface area contributed by atoms with Crippen LogP contribution >= 0.6 is 11.6 Å². The highest BCUT2D eigenvalue weighted by Crippen LogP contribution is 2.27. The highest BCUT2D eigenvalue weighted by Gasteiger charge is 2.16. The van der Waals surface area contributed by atoms with Gasteiger partial charge >= 0.3 is 5.97 Å². The molecule has 0 saturated heterocycles. The average Bonchev–Trinajstić information content (AvgIpc) is 2.90. The van der Waals surface area contributed by atoms with Gasteiger partial charge in [0.25, 0.3) is 11.6 Å². The third-order valence-corrected chi connectivity index (χ3v) is 5.56. The van der Waals surface area contributed by atoms with Gasteiger partial charge in [-0.2, -0.15) is 5.10 Å². The standard InChI is InChI=1S/C27H20ClN3O6/c1-17(36-22-13-11-21(12-14-22)31(34)35)26(32)30-29-16-24-23-5-3-2-4-18(23)8-15-25(24)37-27(33)19-6-9-20(28)10-7-19/h2-17H,1H3,(H,30,32)/b29-16-/t17-/m1/s1. The van der Waals surface area contributed by atoms with E-state index in [0.29, 0.717) is 21.9 Å². The van der Waals surface area contributed by atoms with E-state index in [4.69, 9.17) is 21.1 Å². The molecule has 0 aliphatic rings. The Morgan fingerprint density at radius 2 is 1.70 bits per heavy atom. The molecule has 0 radical (unpaired) electrons. The minimum absolute atomic E-state index is 0.0864. The third kappa shape index (κ3) is 6.28. The van der Waals surface area contributed by atoms with Crippen LogP contribution in [-0.2, 0) is 4.79 Å². The summed E-state index contributed by atoms with van der Waals surface area (Å²) >= 11 is 5.90. The first-order valence-corrected chi connectivity index (χ1v) is 11.4. The Labute approximate surface area is 216 Å². The summed E-state index contributed by atoms with van der Waals surface area (Å²) in [4.78, 5) is 35.4. The van der Waals surface area contributed by atoms with E-state index in [1.165, 1.54) is 37.4 Å². The molecular formula is C27H20ClN3O6. The Bertz CT molecular complexity index is 1490. The number of rotatable bonds is 8. The van der Waals surface area contributed by atoms with E-state index in [9.17, 15) is 19.7 Å². The first-order chi connectivity index (χ1) is 17.8. The summed E-state index contributed by atoms with van der Waals surface area (Å²) in [5, 5.41) is 17.0. The van der Waals surface area contributed by atoms with Crippen molar-refractivity contribution in [3.8, 4) is 11.5 Å². The number of amides is 1. The lowest BCUT2D eigenvalue weighted by Gasteiger charge is -2.13. The van der Waals surface area contributed by atoms with Gasteiger partial charge in [0, 0.05) is 22.7 Å². The van der Waals surface area contributed by atoms with Crippen LogP contribution in [0.15, 0.2) is 90.0 Å². The van der Waals surface area contributed by atoms with Gasteiger partial charge in [-0.15, -0.1) is 0 Å². The number of benzene rings is 4. The van der Waals surface area contributed by atoms with Crippen LogP contribution in [0.1, 0.15) is 22.8 Å². The van der Waals surface area contributed by atoms with Crippen LogP contribution in [0.3, 0.4) is 0 Å². The van der Waals surface area contributed by atoms with E-state index in [-0.39, 0.29) is 11.4 Å². The number of carbonyl (C=O) groups excluding carboxylic acids is 2. The second kappa shape index (κ2) is 11.3. The molecule has 0 saturated carbocycles. The second-order valence-corrected chi connectivity index (χ2v) is 8.28. The summed E-state index contributed by atoms with van der Waals surface area (Å²) in [5.41, 5.74) is 3.14. The van der Waals surface area contributed by atoms with E-state index < -0.39 is 22.9 Å². The molecule has 10 heteroatoms. The summed E-state index contributed by atoms with van der Waals surface area (Å²) in [6.45, 7) is 1.52. The lowest BCUT2D eigenvalue weighted by Crippen LogP contribution is -2.33. The number of carbonyl (C=O) groups is 2. The fourth-order valence-electron chi connectivity index (χ4n) is 3.40. The Morgan fingerprint density at radius 1 is 1.00 bits per heavy atom. The van der Waals surface area contributed by atoms with E-state index in [1.54, 1.807) is 30.3 Å². The maximum atomic E-state index is 12.7. The number of nitrogens with zero attached hydrogens (tertiary/aromatic N) is 2. The van der Waals surface area contributed by atoms with Crippen molar-refractivity contribution >= 4 is 46.2 Å². The van der Waals surface area contributed by atoms with Crippen LogP contribution in [0.25, 0.3) is 10.8 Å². The van der Waals surface area contributed by atoms with Gasteiger partial charge in [0.15, 0.2) is 6.10 Å². The van der Waals surface area contributed by atoms with Gasteiger partial charge in [-0.3, -0.25) is 14.9 Å². The van der Waals surface area contributed by atoms with Crippen molar-refractivity contribution in [2.75, 3.05) is 0 Å². The Hall–Kier alpha value is -4.76. The third-order valence-electron chi connectivity index (χ3n) is 5.31. The van der Waals surface area contributed by atoms with Crippen LogP contribution < -0.4 is 14.9 Å². The molecule has 4 aromatic rings. The number of halogens is 1. The van der Waals surface area contributed by atoms with Crippen LogP contribution in [0.5, 0.6) is 11.5 Å². The minimum Gasteiger partial charge on any atom is -0.481 e. The van der Waals surface area contributed by atoms with Gasteiger partial charge in [0.05, 0.1) is 16.7 Å². The predicted molar refractivity (Wildman–Crippen MR) is 139 cm³/mol. The number of hydrazone groups is 1. The molecule has 37 heavy (non-hydrogen) atoms. The topological polar surface area (TPSA) is 120 Å². The molecule has 1 amide bonds. The lowest BCUT2D eigenvalue weighted by atomic mass is 10.0. The van der Waals surface area contributed by atoms with Gasteiger partial charge in [-0.1, -0.05) is 41.9 Å². The smallest absolute Gasteiger partial charge is 0.343 e. The van der Waals surface area contributed by atoms with Crippen LogP contribution in [-0.4, -0.2) is 29.1 Å². The molecule has 1 atom stereocenters. The van der Waals surface area contributed by atoms with Crippen molar-refractivity contribution < 1.29 is 24.0 Å². The highest BCUT2D eigenvalue weighted by atomic mass is 35.5. The maximum Gasteiger partial charge on any atom is 0.343 e. The number of hydrogen-bond acceptors (Lipinski definition) is 7. The van der Waals surface area contributed by atoms with Crippen molar-refractivity contribution in [3.05, 3.63) is 111 Å². The highest BCUT2D eigenvalue weighted by molar-refractivity contribution is 6.30. The van der Waals surface area contributed by atoms with E-state index in [2.05, 4.69) is 10.5 Å². The van der Waals surface area contributed by atoms with Crippen LogP contribution in [0.4, 0.5) is 5.69 Å². The second-order valence-electron chi connectivity index (χ2n) is 7.84. The van der Waals surface area contributed by atoms with Gasteiger partial charge in [0.1, 0.15) is 11.5 Å². The number of nitro benzene ring substituents is 1. The number of non-ortho nitro benzene ring substituents is 1. The zero-order chi connectivity index (χ0) is 26.4. The molecule has 0 bridgehead atoms. The van der Waals surface area contributed by atoms with Gasteiger partial charge in [-0.05, 0) is 60.2 Å². The summed E-state index contributed by atoms with van der Waals surface area (Å²) in [7, 11) is 0. The number of nitro groups is 1. The van der Waals surface area contributed by atoms with Crippen LogP contribution in [0.2, 0.25) is 5.02 Å². The molecular weight excluding hydrogens is 498 g/mol. The number of ether oxygens (including phenoxy) is 2. The molecule has 0 spiro atoms. The van der Waals surface area contributed by atoms with Gasteiger partial charge in [0.2, 0.25) is 0 Å². The Kier molecular flexibility index (Phi) is 7.75. The van der Waals surface area contributed by atoms with Gasteiger partial charge < -0.3 is 9.47 Å². The summed E-state index contributed by atoms with van der Waals surface area (Å²) in [6.07, 6.45) is 0.455. The molecule has 0 aliphatic carbocycles. The Morgan fingerprint density at radius 3 is 2.41 bits per heavy atom. The zero-order valence-corrected chi connectivity index (χ0v) is 20.2. The molecule has 0 aliphatic heterocycles. The van der Waals surface area contributed by atoms with Crippen molar-refractivity contribution in [2.45, 2.75) is 13.0 Å². The summed E-state index contributed by atoms with van der Waals surface area (Å²) < 4.78 is 11.2. The largest absolute Gasteiger partial charge is 0.481 e. The number of nitrogens with one attached hydrogen (secondary N) is 1. The number of hydrogen-bond donors (Lipinski definition) is 1. The fourth-order valence-corrected chi connectivity index (χ4v) is 3.52. The van der Waals surface area contributed by atoms with Crippen molar-refractivity contribution in [3.63, 3.8) is 0 Å². The predicted octanol–water partition coefficient (Wildman–Crippen LogP) is 5.54. The first-order valence-electron chi connectivity index (χ1n) is 11.1. The monoisotopic (exact) mass is 517 g/mol. The molecule has 186 valence electrons. The molecule has 0 fully saturated rings. The summed E-state index contributed by atoms with van der Waals surface area (Å²) in [6, 6.07) is 22.6. The molecule has 9 nitrogen and oxygen atoms in total. The normalized spacial score (nSPS) is 11.7.